The van der Waals surface area contributed by atoms with E-state index < -0.39 is 34.3 Å². The van der Waals surface area contributed by atoms with Crippen molar-refractivity contribution in [1.29, 1.82) is 0 Å². The number of ether oxygens (including phenoxy) is 1. The van der Waals surface area contributed by atoms with Crippen molar-refractivity contribution >= 4 is 39.1 Å². The molecule has 0 bridgehead atoms. The molecule has 0 saturated carbocycles. The number of hydrogen-bond donors (Lipinski definition) is 1. The number of carbonyl (C=O) groups excluding carboxylic acids is 2. The summed E-state index contributed by atoms with van der Waals surface area (Å²) in [4.78, 5) is 29.6. The van der Waals surface area contributed by atoms with Gasteiger partial charge in [-0.1, -0.05) is 61.0 Å². The topological polar surface area (TPSA) is 96.0 Å². The quantitative estimate of drug-likeness (QED) is 0.152. The molecule has 0 saturated heterocycles. The van der Waals surface area contributed by atoms with Crippen molar-refractivity contribution in [2.45, 2.75) is 57.1 Å². The Morgan fingerprint density at radius 1 is 0.872 bits per heavy atom. The fourth-order valence-electron chi connectivity index (χ4n) is 4.92. The number of rotatable bonds is 15. The third-order valence-electron chi connectivity index (χ3n) is 7.65. The van der Waals surface area contributed by atoms with Crippen molar-refractivity contribution in [2.75, 3.05) is 17.5 Å². The van der Waals surface area contributed by atoms with Gasteiger partial charge < -0.3 is 15.0 Å². The molecule has 0 unspecified atom stereocenters. The first-order valence-electron chi connectivity index (χ1n) is 15.4. The molecule has 11 heteroatoms. The van der Waals surface area contributed by atoms with E-state index in [-0.39, 0.29) is 35.5 Å². The number of benzene rings is 4. The highest BCUT2D eigenvalue weighted by atomic mass is 35.5. The third kappa shape index (κ3) is 9.56. The first-order valence-corrected chi connectivity index (χ1v) is 17.2. The Labute approximate surface area is 281 Å². The van der Waals surface area contributed by atoms with Crippen molar-refractivity contribution in [1.82, 2.24) is 10.2 Å². The molecule has 0 aliphatic heterocycles. The molecule has 8 nitrogen and oxygen atoms in total. The van der Waals surface area contributed by atoms with Crippen LogP contribution < -0.4 is 14.4 Å². The minimum Gasteiger partial charge on any atom is -0.494 e. The van der Waals surface area contributed by atoms with Crippen LogP contribution in [-0.2, 0) is 32.6 Å². The number of amides is 2. The highest BCUT2D eigenvalue weighted by Gasteiger charge is 2.35. The minimum atomic E-state index is -4.37. The molecule has 2 amide bonds. The second-order valence-corrected chi connectivity index (χ2v) is 13.4. The second kappa shape index (κ2) is 16.4. The van der Waals surface area contributed by atoms with Gasteiger partial charge in [-0.2, -0.15) is 0 Å². The Hall–Kier alpha value is -4.41. The lowest BCUT2D eigenvalue weighted by Crippen LogP contribution is -2.54. The van der Waals surface area contributed by atoms with Crippen LogP contribution >= 0.6 is 11.6 Å². The number of carbonyl (C=O) groups is 2. The maximum atomic E-state index is 14.5. The number of halogens is 2. The van der Waals surface area contributed by atoms with Gasteiger partial charge in [-0.25, -0.2) is 12.8 Å². The van der Waals surface area contributed by atoms with E-state index in [1.165, 1.54) is 4.90 Å². The Balaban J connectivity index is 1.80. The lowest BCUT2D eigenvalue weighted by atomic mass is 10.0. The van der Waals surface area contributed by atoms with E-state index in [4.69, 9.17) is 16.3 Å². The van der Waals surface area contributed by atoms with E-state index in [2.05, 4.69) is 5.32 Å². The summed E-state index contributed by atoms with van der Waals surface area (Å²) in [5.74, 6) is -1.05. The highest BCUT2D eigenvalue weighted by molar-refractivity contribution is 7.92. The summed E-state index contributed by atoms with van der Waals surface area (Å²) in [6.07, 6.45) is 0.868. The Bertz CT molecular complexity index is 1720. The van der Waals surface area contributed by atoms with E-state index in [1.807, 2.05) is 51.1 Å². The molecule has 4 aromatic carbocycles. The monoisotopic (exact) mass is 679 g/mol. The SMILES string of the molecule is CCOc1ccc(N(CC(=O)N(Cc2ccc(Cl)cc2)[C@H](Cc2ccccc2)C(=O)N[C@@H](C)CC)S(=O)(=O)c2ccc(F)cc2)cc1. The van der Waals surface area contributed by atoms with Gasteiger partial charge >= 0.3 is 0 Å². The minimum absolute atomic E-state index is 0.00907. The van der Waals surface area contributed by atoms with Gasteiger partial charge in [-0.3, -0.25) is 13.9 Å². The number of anilines is 1. The maximum Gasteiger partial charge on any atom is 0.264 e. The fraction of sp³-hybridized carbons (Fsp3) is 0.278. The first-order chi connectivity index (χ1) is 22.5. The lowest BCUT2D eigenvalue weighted by molar-refractivity contribution is -0.140. The predicted octanol–water partition coefficient (Wildman–Crippen LogP) is 6.63. The van der Waals surface area contributed by atoms with Crippen LogP contribution in [0.1, 0.15) is 38.3 Å². The van der Waals surface area contributed by atoms with Gasteiger partial charge in [0.15, 0.2) is 0 Å². The van der Waals surface area contributed by atoms with Gasteiger partial charge in [0.1, 0.15) is 24.2 Å². The van der Waals surface area contributed by atoms with Crippen LogP contribution in [0.25, 0.3) is 0 Å². The average Bonchev–Trinajstić information content (AvgIpc) is 3.07. The van der Waals surface area contributed by atoms with Crippen LogP contribution in [0.15, 0.2) is 108 Å². The number of nitrogens with zero attached hydrogens (tertiary/aromatic N) is 2. The first kappa shape index (κ1) is 35.4. The molecule has 2 atom stereocenters. The Morgan fingerprint density at radius 3 is 2.11 bits per heavy atom. The molecule has 0 fully saturated rings. The predicted molar refractivity (Wildman–Crippen MR) is 182 cm³/mol. The lowest BCUT2D eigenvalue weighted by Gasteiger charge is -2.34. The van der Waals surface area contributed by atoms with Crippen molar-refractivity contribution in [2.24, 2.45) is 0 Å². The van der Waals surface area contributed by atoms with E-state index in [0.29, 0.717) is 29.4 Å². The van der Waals surface area contributed by atoms with Gasteiger partial charge in [-0.05, 0) is 92.1 Å². The number of nitrogens with one attached hydrogen (secondary N) is 1. The third-order valence-corrected chi connectivity index (χ3v) is 9.69. The van der Waals surface area contributed by atoms with E-state index in [1.54, 1.807) is 48.5 Å². The zero-order valence-corrected chi connectivity index (χ0v) is 28.2. The normalized spacial score (nSPS) is 12.5. The molecule has 1 N–H and O–H groups in total. The highest BCUT2D eigenvalue weighted by Crippen LogP contribution is 2.27. The standard InChI is InChI=1S/C36H39ClFN3O5S/c1-4-26(3)39-36(43)34(23-27-9-7-6-8-10-27)40(24-28-11-13-29(37)14-12-28)35(42)25-41(31-17-19-32(20-18-31)46-5-2)47(44,45)33-21-15-30(38)16-22-33/h6-22,26,34H,4-5,23-25H2,1-3H3,(H,39,43)/t26-,34+/m0/s1. The molecule has 0 aromatic heterocycles. The Kier molecular flexibility index (Phi) is 12.4. The smallest absolute Gasteiger partial charge is 0.264 e. The molecule has 4 aromatic rings. The number of sulfonamides is 1. The number of hydrogen-bond acceptors (Lipinski definition) is 5. The van der Waals surface area contributed by atoms with Crippen LogP contribution in [-0.4, -0.2) is 50.4 Å². The van der Waals surface area contributed by atoms with Crippen molar-refractivity contribution < 1.29 is 27.1 Å². The fourth-order valence-corrected chi connectivity index (χ4v) is 6.46. The van der Waals surface area contributed by atoms with Crippen molar-refractivity contribution in [3.05, 3.63) is 125 Å². The second-order valence-electron chi connectivity index (χ2n) is 11.1. The van der Waals surface area contributed by atoms with Gasteiger partial charge in [0, 0.05) is 24.0 Å². The van der Waals surface area contributed by atoms with Gasteiger partial charge in [-0.15, -0.1) is 0 Å². The molecule has 0 spiro atoms. The maximum absolute atomic E-state index is 14.5. The van der Waals surface area contributed by atoms with Crippen molar-refractivity contribution in [3.8, 4) is 5.75 Å². The summed E-state index contributed by atoms with van der Waals surface area (Å²) in [5, 5.41) is 3.52. The molecular weight excluding hydrogens is 641 g/mol. The van der Waals surface area contributed by atoms with Crippen LogP contribution in [0, 0.1) is 5.82 Å². The molecular formula is C36H39ClFN3O5S. The van der Waals surface area contributed by atoms with Crippen LogP contribution in [0.3, 0.4) is 0 Å². The molecule has 0 radical (unpaired) electrons. The molecule has 47 heavy (non-hydrogen) atoms. The van der Waals surface area contributed by atoms with Crippen LogP contribution in [0.4, 0.5) is 10.1 Å². The van der Waals surface area contributed by atoms with Crippen molar-refractivity contribution in [3.63, 3.8) is 0 Å². The summed E-state index contributed by atoms with van der Waals surface area (Å²) in [6, 6.07) is 25.8. The van der Waals surface area contributed by atoms with Crippen LogP contribution in [0.2, 0.25) is 5.02 Å². The average molecular weight is 680 g/mol. The zero-order chi connectivity index (χ0) is 34.0. The molecule has 0 heterocycles. The molecule has 248 valence electrons. The molecule has 0 aliphatic carbocycles. The molecule has 0 aliphatic rings. The van der Waals surface area contributed by atoms with Crippen LogP contribution in [0.5, 0.6) is 5.75 Å². The Morgan fingerprint density at radius 2 is 1.51 bits per heavy atom. The summed E-state index contributed by atoms with van der Waals surface area (Å²) < 4.78 is 48.5. The summed E-state index contributed by atoms with van der Waals surface area (Å²) >= 11 is 6.14. The van der Waals surface area contributed by atoms with E-state index >= 15 is 0 Å². The summed E-state index contributed by atoms with van der Waals surface area (Å²) in [5.41, 5.74) is 1.72. The van der Waals surface area contributed by atoms with Gasteiger partial charge in [0.05, 0.1) is 17.2 Å². The largest absolute Gasteiger partial charge is 0.494 e. The molecule has 4 rings (SSSR count). The van der Waals surface area contributed by atoms with Gasteiger partial charge in [0.25, 0.3) is 10.0 Å². The van der Waals surface area contributed by atoms with E-state index in [0.717, 1.165) is 34.1 Å². The summed E-state index contributed by atoms with van der Waals surface area (Å²) in [7, 11) is -4.37. The van der Waals surface area contributed by atoms with Gasteiger partial charge in [0.2, 0.25) is 11.8 Å². The summed E-state index contributed by atoms with van der Waals surface area (Å²) in [6.45, 7) is 5.44. The zero-order valence-electron chi connectivity index (χ0n) is 26.6. The van der Waals surface area contributed by atoms with E-state index in [9.17, 15) is 22.4 Å².